The van der Waals surface area contributed by atoms with Crippen molar-refractivity contribution in [3.8, 4) is 0 Å². The van der Waals surface area contributed by atoms with Crippen LogP contribution in [0.25, 0.3) is 0 Å². The van der Waals surface area contributed by atoms with Gasteiger partial charge in [0.1, 0.15) is 0 Å². The van der Waals surface area contributed by atoms with E-state index in [1.807, 2.05) is 30.3 Å². The lowest BCUT2D eigenvalue weighted by molar-refractivity contribution is 0.524. The largest absolute Gasteiger partial charge is 0.772 e. The topological polar surface area (TPSA) is 40.1 Å². The molecule has 0 amide bonds. The SMILES string of the molecule is O=S([O-])C(Cc1ccccc1)C(Br)Br. The van der Waals surface area contributed by atoms with Crippen molar-refractivity contribution in [2.45, 2.75) is 15.4 Å². The summed E-state index contributed by atoms with van der Waals surface area (Å²) in [4.78, 5) is 0. The van der Waals surface area contributed by atoms with Gasteiger partial charge in [-0.05, 0) is 23.1 Å². The lowest BCUT2D eigenvalue weighted by atomic mass is 10.1. The predicted molar refractivity (Wildman–Crippen MR) is 64.5 cm³/mol. The zero-order valence-corrected chi connectivity index (χ0v) is 11.2. The molecule has 0 saturated carbocycles. The van der Waals surface area contributed by atoms with E-state index >= 15 is 0 Å². The molecule has 0 aromatic heterocycles. The fraction of sp³-hybridized carbons (Fsp3) is 0.333. The van der Waals surface area contributed by atoms with E-state index in [4.69, 9.17) is 0 Å². The molecule has 0 spiro atoms. The summed E-state index contributed by atoms with van der Waals surface area (Å²) < 4.78 is 21.6. The number of benzene rings is 1. The Morgan fingerprint density at radius 3 is 2.29 bits per heavy atom. The van der Waals surface area contributed by atoms with Gasteiger partial charge in [-0.25, -0.2) is 0 Å². The van der Waals surface area contributed by atoms with Crippen LogP contribution in [0.15, 0.2) is 30.3 Å². The molecule has 1 aromatic rings. The second-order valence-corrected chi connectivity index (χ2v) is 7.15. The van der Waals surface area contributed by atoms with E-state index in [0.717, 1.165) is 5.56 Å². The number of hydrogen-bond donors (Lipinski definition) is 0. The maximum Gasteiger partial charge on any atom is 0.0833 e. The monoisotopic (exact) mass is 339 g/mol. The number of hydrogen-bond acceptors (Lipinski definition) is 2. The van der Waals surface area contributed by atoms with E-state index in [1.54, 1.807) is 0 Å². The van der Waals surface area contributed by atoms with E-state index in [0.29, 0.717) is 6.42 Å². The highest BCUT2D eigenvalue weighted by Gasteiger charge is 2.17. The van der Waals surface area contributed by atoms with Gasteiger partial charge in [0.2, 0.25) is 0 Å². The summed E-state index contributed by atoms with van der Waals surface area (Å²) in [5.41, 5.74) is 1.02. The first kappa shape index (κ1) is 12.4. The van der Waals surface area contributed by atoms with Gasteiger partial charge in [0.05, 0.1) is 3.74 Å². The van der Waals surface area contributed by atoms with Crippen LogP contribution in [-0.2, 0) is 17.5 Å². The molecule has 0 fully saturated rings. The van der Waals surface area contributed by atoms with E-state index in [-0.39, 0.29) is 3.74 Å². The quantitative estimate of drug-likeness (QED) is 0.624. The Kier molecular flexibility index (Phi) is 5.30. The van der Waals surface area contributed by atoms with Gasteiger partial charge in [-0.15, -0.1) is 0 Å². The molecule has 2 unspecified atom stereocenters. The average Bonchev–Trinajstić information content (AvgIpc) is 2.15. The van der Waals surface area contributed by atoms with Crippen LogP contribution in [0.1, 0.15) is 5.56 Å². The summed E-state index contributed by atoms with van der Waals surface area (Å²) in [7, 11) is 0. The molecule has 1 aromatic carbocycles. The highest BCUT2D eigenvalue weighted by Crippen LogP contribution is 2.21. The first-order valence-electron chi connectivity index (χ1n) is 4.01. The Labute approximate surface area is 103 Å². The molecule has 2 nitrogen and oxygen atoms in total. The van der Waals surface area contributed by atoms with Crippen molar-refractivity contribution in [2.75, 3.05) is 0 Å². The van der Waals surface area contributed by atoms with E-state index < -0.39 is 16.3 Å². The molecule has 0 bridgehead atoms. The molecule has 2 atom stereocenters. The third kappa shape index (κ3) is 3.81. The Morgan fingerprint density at radius 1 is 1.29 bits per heavy atom. The number of halogens is 2. The Bertz CT molecular complexity index is 303. The van der Waals surface area contributed by atoms with Gasteiger partial charge < -0.3 is 4.55 Å². The fourth-order valence-corrected chi connectivity index (χ4v) is 3.02. The van der Waals surface area contributed by atoms with Crippen LogP contribution in [0.5, 0.6) is 0 Å². The molecular formula is C9H9Br2O2S-. The van der Waals surface area contributed by atoms with E-state index in [1.165, 1.54) is 0 Å². The third-order valence-electron chi connectivity index (χ3n) is 1.81. The summed E-state index contributed by atoms with van der Waals surface area (Å²) in [6, 6.07) is 9.55. The van der Waals surface area contributed by atoms with Gasteiger partial charge in [-0.2, -0.15) is 0 Å². The molecule has 0 aliphatic rings. The standard InChI is InChI=1S/C9H10Br2O2S/c10-9(11)8(14(12)13)6-7-4-2-1-3-5-7/h1-5,8-9H,6H2,(H,12,13)/p-1. The van der Waals surface area contributed by atoms with Crippen molar-refractivity contribution in [1.82, 2.24) is 0 Å². The average molecular weight is 341 g/mol. The molecule has 1 rings (SSSR count). The van der Waals surface area contributed by atoms with Gasteiger partial charge >= 0.3 is 0 Å². The van der Waals surface area contributed by atoms with Crippen LogP contribution in [0.4, 0.5) is 0 Å². The number of rotatable bonds is 4. The molecule has 0 N–H and O–H groups in total. The van der Waals surface area contributed by atoms with Crippen molar-refractivity contribution in [3.63, 3.8) is 0 Å². The van der Waals surface area contributed by atoms with Crippen molar-refractivity contribution < 1.29 is 8.76 Å². The van der Waals surface area contributed by atoms with Crippen molar-refractivity contribution in [3.05, 3.63) is 35.9 Å². The molecular weight excluding hydrogens is 332 g/mol. The minimum Gasteiger partial charge on any atom is -0.772 e. The van der Waals surface area contributed by atoms with Crippen molar-refractivity contribution >= 4 is 42.9 Å². The minimum absolute atomic E-state index is 0.214. The van der Waals surface area contributed by atoms with Crippen LogP contribution in [0, 0.1) is 0 Å². The Hall–Kier alpha value is 0.290. The van der Waals surface area contributed by atoms with Crippen LogP contribution in [-0.4, -0.2) is 17.7 Å². The molecule has 0 saturated heterocycles. The van der Waals surface area contributed by atoms with Crippen LogP contribution < -0.4 is 0 Å². The van der Waals surface area contributed by atoms with E-state index in [9.17, 15) is 8.76 Å². The van der Waals surface area contributed by atoms with Crippen LogP contribution in [0.3, 0.4) is 0 Å². The van der Waals surface area contributed by atoms with Gasteiger partial charge in [0, 0.05) is 5.25 Å². The van der Waals surface area contributed by atoms with Gasteiger partial charge in [-0.3, -0.25) is 4.21 Å². The molecule has 5 heteroatoms. The first-order chi connectivity index (χ1) is 6.61. The third-order valence-corrected chi connectivity index (χ3v) is 4.72. The Morgan fingerprint density at radius 2 is 1.86 bits per heavy atom. The molecule has 0 radical (unpaired) electrons. The van der Waals surface area contributed by atoms with Gasteiger partial charge in [-0.1, -0.05) is 62.2 Å². The van der Waals surface area contributed by atoms with Crippen molar-refractivity contribution in [2.24, 2.45) is 0 Å². The van der Waals surface area contributed by atoms with Crippen molar-refractivity contribution in [1.29, 1.82) is 0 Å². The molecule has 0 aliphatic heterocycles. The summed E-state index contributed by atoms with van der Waals surface area (Å²) in [5, 5.41) is -0.447. The summed E-state index contributed by atoms with van der Waals surface area (Å²) in [6.45, 7) is 0. The molecule has 14 heavy (non-hydrogen) atoms. The summed E-state index contributed by atoms with van der Waals surface area (Å²) in [5.74, 6) is 0. The number of alkyl halides is 2. The zero-order valence-electron chi connectivity index (χ0n) is 7.23. The maximum atomic E-state index is 10.9. The van der Waals surface area contributed by atoms with E-state index in [2.05, 4.69) is 31.9 Å². The maximum absolute atomic E-state index is 10.9. The normalized spacial score (nSPS) is 15.4. The second kappa shape index (κ2) is 6.00. The van der Waals surface area contributed by atoms with Gasteiger partial charge in [0.15, 0.2) is 0 Å². The second-order valence-electron chi connectivity index (χ2n) is 2.82. The fourth-order valence-electron chi connectivity index (χ4n) is 1.09. The summed E-state index contributed by atoms with van der Waals surface area (Å²) >= 11 is 4.37. The smallest absolute Gasteiger partial charge is 0.0833 e. The lowest BCUT2D eigenvalue weighted by Crippen LogP contribution is -2.24. The van der Waals surface area contributed by atoms with Crippen LogP contribution >= 0.6 is 31.9 Å². The summed E-state index contributed by atoms with van der Waals surface area (Å²) in [6.07, 6.45) is 0.512. The molecule has 0 heterocycles. The Balaban J connectivity index is 2.70. The zero-order chi connectivity index (χ0) is 10.6. The first-order valence-corrected chi connectivity index (χ1v) is 6.98. The van der Waals surface area contributed by atoms with Crippen LogP contribution in [0.2, 0.25) is 0 Å². The lowest BCUT2D eigenvalue weighted by Gasteiger charge is -2.20. The van der Waals surface area contributed by atoms with Gasteiger partial charge in [0.25, 0.3) is 0 Å². The highest BCUT2D eigenvalue weighted by molar-refractivity contribution is 9.24. The highest BCUT2D eigenvalue weighted by atomic mass is 79.9. The minimum atomic E-state index is -2.08. The molecule has 0 aliphatic carbocycles. The predicted octanol–water partition coefficient (Wildman–Crippen LogP) is 2.59. The molecule has 78 valence electrons.